The van der Waals surface area contributed by atoms with Gasteiger partial charge in [-0.15, -0.1) is 0 Å². The molecule has 1 aromatic carbocycles. The first kappa shape index (κ1) is 15.5. The molecule has 1 aliphatic carbocycles. The molecule has 4 heteroatoms. The van der Waals surface area contributed by atoms with Gasteiger partial charge in [0.1, 0.15) is 0 Å². The highest BCUT2D eigenvalue weighted by Gasteiger charge is 2.41. The molecule has 4 unspecified atom stereocenters. The van der Waals surface area contributed by atoms with E-state index in [-0.39, 0.29) is 12.0 Å². The van der Waals surface area contributed by atoms with E-state index in [0.717, 1.165) is 24.0 Å². The zero-order valence-corrected chi connectivity index (χ0v) is 13.6. The second kappa shape index (κ2) is 5.49. The Balaban J connectivity index is 2.44. The van der Waals surface area contributed by atoms with E-state index in [2.05, 4.69) is 6.92 Å². The Kier molecular flexibility index (Phi) is 4.26. The summed E-state index contributed by atoms with van der Waals surface area (Å²) in [4.78, 5) is 0.449. The molecule has 4 atom stereocenters. The molecule has 1 fully saturated rings. The highest BCUT2D eigenvalue weighted by molar-refractivity contribution is 7.92. The van der Waals surface area contributed by atoms with Gasteiger partial charge < -0.3 is 5.73 Å². The number of hydrogen-bond donors (Lipinski definition) is 1. The van der Waals surface area contributed by atoms with Crippen molar-refractivity contribution in [3.63, 3.8) is 0 Å². The third kappa shape index (κ3) is 2.77. The van der Waals surface area contributed by atoms with Crippen molar-refractivity contribution in [2.24, 2.45) is 17.6 Å². The van der Waals surface area contributed by atoms with E-state index in [1.807, 2.05) is 32.9 Å². The zero-order chi connectivity index (χ0) is 15.1. The van der Waals surface area contributed by atoms with Crippen LogP contribution in [-0.2, 0) is 9.84 Å². The summed E-state index contributed by atoms with van der Waals surface area (Å²) < 4.78 is 25.9. The molecule has 0 heterocycles. The molecule has 0 aliphatic heterocycles. The third-order valence-electron chi connectivity index (χ3n) is 4.43. The van der Waals surface area contributed by atoms with Gasteiger partial charge in [-0.25, -0.2) is 8.42 Å². The Morgan fingerprint density at radius 3 is 2.35 bits per heavy atom. The molecule has 0 bridgehead atoms. The van der Waals surface area contributed by atoms with Gasteiger partial charge in [0.15, 0.2) is 9.84 Å². The largest absolute Gasteiger partial charge is 0.326 e. The maximum Gasteiger partial charge on any atom is 0.183 e. The van der Waals surface area contributed by atoms with Crippen LogP contribution in [0.25, 0.3) is 0 Å². The number of nitrogens with two attached hydrogens (primary N) is 1. The van der Waals surface area contributed by atoms with Crippen LogP contribution in [0, 0.1) is 25.7 Å². The molecule has 0 amide bonds. The Morgan fingerprint density at radius 1 is 1.15 bits per heavy atom. The summed E-state index contributed by atoms with van der Waals surface area (Å²) in [5, 5.41) is -0.458. The van der Waals surface area contributed by atoms with Gasteiger partial charge in [0.2, 0.25) is 0 Å². The van der Waals surface area contributed by atoms with Crippen molar-refractivity contribution >= 4 is 9.84 Å². The van der Waals surface area contributed by atoms with Crippen LogP contribution in [0.2, 0.25) is 0 Å². The highest BCUT2D eigenvalue weighted by Crippen LogP contribution is 2.36. The van der Waals surface area contributed by atoms with E-state index in [0.29, 0.717) is 10.8 Å². The minimum atomic E-state index is -3.36. The number of hydrogen-bond acceptors (Lipinski definition) is 3. The van der Waals surface area contributed by atoms with Crippen LogP contribution in [0.4, 0.5) is 0 Å². The standard InChI is InChI=1S/C16H25NO2S/c1-10-5-6-15(12(3)7-10)20(18,19)16-13(4)8-11(2)9-14(16)17/h5-7,11,13-14,16H,8-9,17H2,1-4H3. The fraction of sp³-hybridized carbons (Fsp3) is 0.625. The quantitative estimate of drug-likeness (QED) is 0.912. The van der Waals surface area contributed by atoms with Crippen LogP contribution in [-0.4, -0.2) is 19.7 Å². The SMILES string of the molecule is Cc1ccc(S(=O)(=O)C2C(C)CC(C)CC2N)c(C)c1. The van der Waals surface area contributed by atoms with Crippen molar-refractivity contribution in [1.82, 2.24) is 0 Å². The number of benzene rings is 1. The number of aryl methyl sites for hydroxylation is 2. The van der Waals surface area contributed by atoms with Crippen LogP contribution in [0.3, 0.4) is 0 Å². The first-order chi connectivity index (χ1) is 9.23. The van der Waals surface area contributed by atoms with Crippen LogP contribution < -0.4 is 5.73 Å². The molecule has 2 N–H and O–H groups in total. The van der Waals surface area contributed by atoms with Crippen molar-refractivity contribution < 1.29 is 8.42 Å². The topological polar surface area (TPSA) is 60.2 Å². The normalized spacial score (nSPS) is 31.2. The van der Waals surface area contributed by atoms with Crippen LogP contribution in [0.5, 0.6) is 0 Å². The van der Waals surface area contributed by atoms with Gasteiger partial charge in [0.05, 0.1) is 10.1 Å². The van der Waals surface area contributed by atoms with Gasteiger partial charge in [-0.2, -0.15) is 0 Å². The van der Waals surface area contributed by atoms with Crippen LogP contribution in [0.15, 0.2) is 23.1 Å². The monoisotopic (exact) mass is 295 g/mol. The summed E-state index contributed by atoms with van der Waals surface area (Å²) >= 11 is 0. The molecule has 1 aromatic rings. The predicted molar refractivity (Wildman–Crippen MR) is 82.4 cm³/mol. The maximum atomic E-state index is 13.0. The van der Waals surface area contributed by atoms with E-state index >= 15 is 0 Å². The van der Waals surface area contributed by atoms with Crippen molar-refractivity contribution in [2.75, 3.05) is 0 Å². The van der Waals surface area contributed by atoms with Gasteiger partial charge in [-0.05, 0) is 50.2 Å². The van der Waals surface area contributed by atoms with Crippen molar-refractivity contribution in [1.29, 1.82) is 0 Å². The second-order valence-corrected chi connectivity index (χ2v) is 8.57. The van der Waals surface area contributed by atoms with Gasteiger partial charge in [-0.3, -0.25) is 0 Å². The number of rotatable bonds is 2. The molecule has 2 rings (SSSR count). The summed E-state index contributed by atoms with van der Waals surface area (Å²) in [7, 11) is -3.36. The lowest BCUT2D eigenvalue weighted by Crippen LogP contribution is -2.49. The lowest BCUT2D eigenvalue weighted by atomic mass is 9.80. The van der Waals surface area contributed by atoms with Crippen LogP contribution >= 0.6 is 0 Å². The average molecular weight is 295 g/mol. The Morgan fingerprint density at radius 2 is 1.80 bits per heavy atom. The van der Waals surface area contributed by atoms with E-state index < -0.39 is 15.1 Å². The van der Waals surface area contributed by atoms with Crippen LogP contribution in [0.1, 0.15) is 37.8 Å². The van der Waals surface area contributed by atoms with Gasteiger partial charge in [0.25, 0.3) is 0 Å². The van der Waals surface area contributed by atoms with E-state index in [1.54, 1.807) is 6.07 Å². The first-order valence-corrected chi connectivity index (χ1v) is 8.85. The molecule has 0 spiro atoms. The molecular formula is C16H25NO2S. The predicted octanol–water partition coefficient (Wildman–Crippen LogP) is 2.84. The summed E-state index contributed by atoms with van der Waals surface area (Å²) in [5.74, 6) is 0.616. The Bertz CT molecular complexity index is 582. The van der Waals surface area contributed by atoms with Crippen molar-refractivity contribution in [2.45, 2.75) is 56.7 Å². The van der Waals surface area contributed by atoms with E-state index in [1.165, 1.54) is 0 Å². The van der Waals surface area contributed by atoms with Gasteiger partial charge in [0, 0.05) is 6.04 Å². The molecule has 112 valence electrons. The maximum absolute atomic E-state index is 13.0. The molecule has 20 heavy (non-hydrogen) atoms. The lowest BCUT2D eigenvalue weighted by molar-refractivity contribution is 0.271. The highest BCUT2D eigenvalue weighted by atomic mass is 32.2. The molecule has 1 aliphatic rings. The minimum Gasteiger partial charge on any atom is -0.326 e. The Labute approximate surface area is 122 Å². The zero-order valence-electron chi connectivity index (χ0n) is 12.8. The Hall–Kier alpha value is -0.870. The van der Waals surface area contributed by atoms with Crippen molar-refractivity contribution in [3.05, 3.63) is 29.3 Å². The molecule has 0 aromatic heterocycles. The fourth-order valence-electron chi connectivity index (χ4n) is 3.69. The lowest BCUT2D eigenvalue weighted by Gasteiger charge is -2.37. The first-order valence-electron chi connectivity index (χ1n) is 7.30. The number of sulfone groups is 1. The smallest absolute Gasteiger partial charge is 0.183 e. The van der Waals surface area contributed by atoms with E-state index in [9.17, 15) is 8.42 Å². The molecule has 0 radical (unpaired) electrons. The summed E-state index contributed by atoms with van der Waals surface area (Å²) in [5.41, 5.74) is 8.09. The van der Waals surface area contributed by atoms with Crippen molar-refractivity contribution in [3.8, 4) is 0 Å². The molecule has 3 nitrogen and oxygen atoms in total. The summed E-state index contributed by atoms with van der Waals surface area (Å²) in [6.45, 7) is 8.00. The van der Waals surface area contributed by atoms with Gasteiger partial charge in [-0.1, -0.05) is 31.5 Å². The molecule has 0 saturated heterocycles. The third-order valence-corrected chi connectivity index (χ3v) is 7.03. The molecular weight excluding hydrogens is 270 g/mol. The van der Waals surface area contributed by atoms with Gasteiger partial charge >= 0.3 is 0 Å². The molecule has 1 saturated carbocycles. The summed E-state index contributed by atoms with van der Waals surface area (Å²) in [6.07, 6.45) is 1.72. The minimum absolute atomic E-state index is 0.111. The summed E-state index contributed by atoms with van der Waals surface area (Å²) in [6, 6.07) is 5.26. The van der Waals surface area contributed by atoms with E-state index in [4.69, 9.17) is 5.73 Å². The second-order valence-electron chi connectivity index (χ2n) is 6.50. The average Bonchev–Trinajstić information content (AvgIpc) is 2.25. The fourth-order valence-corrected chi connectivity index (χ4v) is 6.04.